The third kappa shape index (κ3) is 4.72. The van der Waals surface area contributed by atoms with E-state index in [0.29, 0.717) is 22.8 Å². The molecule has 5 aromatic rings. The van der Waals surface area contributed by atoms with Crippen molar-refractivity contribution >= 4 is 45.4 Å². The number of rotatable bonds is 6. The number of carbonyl (C=O) groups excluding carboxylic acids is 1. The van der Waals surface area contributed by atoms with Crippen molar-refractivity contribution in [2.45, 2.75) is 32.5 Å². The Bertz CT molecular complexity index is 1620. The van der Waals surface area contributed by atoms with E-state index in [1.807, 2.05) is 87.5 Å². The molecule has 1 amide bonds. The molecule has 2 heterocycles. The van der Waals surface area contributed by atoms with E-state index in [1.165, 1.54) is 17.3 Å². The average Bonchev–Trinajstić information content (AvgIpc) is 3.22. The number of anilines is 1. The van der Waals surface area contributed by atoms with E-state index in [0.717, 1.165) is 27.8 Å². The van der Waals surface area contributed by atoms with Crippen molar-refractivity contribution in [3.05, 3.63) is 99.3 Å². The second-order valence-electron chi connectivity index (χ2n) is 8.68. The number of thioether (sulfide) groups is 1. The number of fused-ring (bicyclic) bond motifs is 3. The maximum atomic E-state index is 13.5. The van der Waals surface area contributed by atoms with Crippen LogP contribution in [0.5, 0.6) is 0 Å². The molecule has 0 fully saturated rings. The van der Waals surface area contributed by atoms with Gasteiger partial charge in [0.1, 0.15) is 11.1 Å². The van der Waals surface area contributed by atoms with Gasteiger partial charge in [0.25, 0.3) is 5.56 Å². The number of benzene rings is 3. The van der Waals surface area contributed by atoms with Gasteiger partial charge in [0, 0.05) is 11.1 Å². The Morgan fingerprint density at radius 2 is 1.77 bits per heavy atom. The second-order valence-corrected chi connectivity index (χ2v) is 9.63. The fourth-order valence-corrected chi connectivity index (χ4v) is 4.72. The van der Waals surface area contributed by atoms with Gasteiger partial charge in [0.2, 0.25) is 11.5 Å². The van der Waals surface area contributed by atoms with Crippen LogP contribution in [-0.2, 0) is 11.3 Å². The van der Waals surface area contributed by atoms with Crippen LogP contribution in [-0.4, -0.2) is 21.2 Å². The summed E-state index contributed by atoms with van der Waals surface area (Å²) in [5.74, 6) is -0.0410. The zero-order chi connectivity index (χ0) is 24.5. The first-order chi connectivity index (χ1) is 16.9. The molecule has 0 bridgehead atoms. The van der Waals surface area contributed by atoms with Gasteiger partial charge in [0.05, 0.1) is 12.3 Å². The molecule has 0 aliphatic heterocycles. The predicted octanol–water partition coefficient (Wildman–Crippen LogP) is 5.85. The Morgan fingerprint density at radius 3 is 2.54 bits per heavy atom. The number of carbonyl (C=O) groups is 1. The van der Waals surface area contributed by atoms with Crippen LogP contribution in [0.25, 0.3) is 22.1 Å². The molecule has 5 rings (SSSR count). The molecular formula is C28H25N3O3S. The van der Waals surface area contributed by atoms with E-state index in [9.17, 15) is 9.59 Å². The lowest BCUT2D eigenvalue weighted by Gasteiger charge is -2.12. The van der Waals surface area contributed by atoms with Crippen LogP contribution in [0.3, 0.4) is 0 Å². The largest absolute Gasteiger partial charge is 0.448 e. The van der Waals surface area contributed by atoms with Gasteiger partial charge < -0.3 is 9.73 Å². The van der Waals surface area contributed by atoms with E-state index >= 15 is 0 Å². The highest BCUT2D eigenvalue weighted by atomic mass is 32.2. The van der Waals surface area contributed by atoms with Crippen LogP contribution < -0.4 is 10.9 Å². The van der Waals surface area contributed by atoms with Gasteiger partial charge in [-0.1, -0.05) is 59.8 Å². The summed E-state index contributed by atoms with van der Waals surface area (Å²) in [5.41, 5.74) is 6.24. The molecule has 35 heavy (non-hydrogen) atoms. The summed E-state index contributed by atoms with van der Waals surface area (Å²) in [6.45, 7) is 6.40. The molecule has 6 nitrogen and oxygen atoms in total. The molecule has 0 unspecified atom stereocenters. The quantitative estimate of drug-likeness (QED) is 0.242. The number of furan rings is 1. The summed E-state index contributed by atoms with van der Waals surface area (Å²) >= 11 is 1.24. The molecule has 0 radical (unpaired) electrons. The Balaban J connectivity index is 1.49. The minimum Gasteiger partial charge on any atom is -0.448 e. The Hall–Kier alpha value is -3.84. The molecule has 176 valence electrons. The number of para-hydroxylation sites is 1. The van der Waals surface area contributed by atoms with Crippen molar-refractivity contribution in [2.24, 2.45) is 0 Å². The summed E-state index contributed by atoms with van der Waals surface area (Å²) in [5, 5.41) is 4.20. The minimum absolute atomic E-state index is 0.120. The number of aryl methyl sites for hydroxylation is 3. The molecule has 7 heteroatoms. The Kier molecular flexibility index (Phi) is 6.17. The molecule has 1 N–H and O–H groups in total. The predicted molar refractivity (Wildman–Crippen MR) is 141 cm³/mol. The van der Waals surface area contributed by atoms with Crippen molar-refractivity contribution in [3.63, 3.8) is 0 Å². The number of amides is 1. The first-order valence-electron chi connectivity index (χ1n) is 11.4. The maximum Gasteiger partial charge on any atom is 0.298 e. The summed E-state index contributed by atoms with van der Waals surface area (Å²) < 4.78 is 7.46. The molecule has 0 atom stereocenters. The van der Waals surface area contributed by atoms with Crippen molar-refractivity contribution in [3.8, 4) is 0 Å². The van der Waals surface area contributed by atoms with Gasteiger partial charge in [-0.25, -0.2) is 4.98 Å². The summed E-state index contributed by atoms with van der Waals surface area (Å²) in [4.78, 5) is 31.0. The molecule has 0 aliphatic carbocycles. The smallest absolute Gasteiger partial charge is 0.298 e. The van der Waals surface area contributed by atoms with Crippen molar-refractivity contribution in [1.82, 2.24) is 9.55 Å². The molecule has 0 aliphatic rings. The third-order valence-corrected chi connectivity index (χ3v) is 7.01. The van der Waals surface area contributed by atoms with Crippen LogP contribution in [0, 0.1) is 20.8 Å². The lowest BCUT2D eigenvalue weighted by atomic mass is 10.1. The van der Waals surface area contributed by atoms with E-state index < -0.39 is 0 Å². The summed E-state index contributed by atoms with van der Waals surface area (Å²) in [7, 11) is 0. The minimum atomic E-state index is -0.260. The number of nitrogens with one attached hydrogen (secondary N) is 1. The van der Waals surface area contributed by atoms with Gasteiger partial charge in [-0.15, -0.1) is 0 Å². The van der Waals surface area contributed by atoms with Crippen molar-refractivity contribution in [2.75, 3.05) is 11.1 Å². The zero-order valence-electron chi connectivity index (χ0n) is 19.8. The highest BCUT2D eigenvalue weighted by Crippen LogP contribution is 2.28. The second kappa shape index (κ2) is 9.43. The van der Waals surface area contributed by atoms with E-state index in [1.54, 1.807) is 4.57 Å². The SMILES string of the molecule is Cc1ccc(Cn2c(SCC(=O)Nc3ccc(C)c(C)c3)nc3c(oc4ccccc43)c2=O)cc1. The molecular weight excluding hydrogens is 458 g/mol. The van der Waals surface area contributed by atoms with Crippen LogP contribution >= 0.6 is 11.8 Å². The average molecular weight is 484 g/mol. The Labute approximate surface area is 207 Å². The lowest BCUT2D eigenvalue weighted by molar-refractivity contribution is -0.113. The van der Waals surface area contributed by atoms with Gasteiger partial charge in [-0.05, 0) is 61.7 Å². The molecule has 0 spiro atoms. The monoisotopic (exact) mass is 483 g/mol. The zero-order valence-corrected chi connectivity index (χ0v) is 20.6. The lowest BCUT2D eigenvalue weighted by Crippen LogP contribution is -2.24. The van der Waals surface area contributed by atoms with Gasteiger partial charge in [-0.2, -0.15) is 0 Å². The van der Waals surface area contributed by atoms with Crippen LogP contribution in [0.15, 0.2) is 81.1 Å². The summed E-state index contributed by atoms with van der Waals surface area (Å²) in [6.07, 6.45) is 0. The van der Waals surface area contributed by atoms with Crippen molar-refractivity contribution < 1.29 is 9.21 Å². The van der Waals surface area contributed by atoms with Gasteiger partial charge >= 0.3 is 0 Å². The number of nitrogens with zero attached hydrogens (tertiary/aromatic N) is 2. The highest BCUT2D eigenvalue weighted by molar-refractivity contribution is 7.99. The molecule has 2 aromatic heterocycles. The number of hydrogen-bond donors (Lipinski definition) is 1. The molecule has 3 aromatic carbocycles. The molecule has 0 saturated heterocycles. The standard InChI is InChI=1S/C28H25N3O3S/c1-17-8-11-20(12-9-17)15-31-27(33)26-25(22-6-4-5-7-23(22)34-26)30-28(31)35-16-24(32)29-21-13-10-18(2)19(3)14-21/h4-14H,15-16H2,1-3H3,(H,29,32). The van der Waals surface area contributed by atoms with Crippen LogP contribution in [0.2, 0.25) is 0 Å². The first kappa shape index (κ1) is 22.9. The van der Waals surface area contributed by atoms with Gasteiger partial charge in [-0.3, -0.25) is 14.2 Å². The van der Waals surface area contributed by atoms with E-state index in [2.05, 4.69) is 5.32 Å². The first-order valence-corrected chi connectivity index (χ1v) is 12.3. The van der Waals surface area contributed by atoms with Crippen LogP contribution in [0.1, 0.15) is 22.3 Å². The third-order valence-electron chi connectivity index (χ3n) is 6.03. The fourth-order valence-electron chi connectivity index (χ4n) is 3.93. The molecule has 0 saturated carbocycles. The maximum absolute atomic E-state index is 13.5. The summed E-state index contributed by atoms with van der Waals surface area (Å²) in [6, 6.07) is 21.3. The van der Waals surface area contributed by atoms with E-state index in [-0.39, 0.29) is 22.8 Å². The van der Waals surface area contributed by atoms with Crippen LogP contribution in [0.4, 0.5) is 5.69 Å². The van der Waals surface area contributed by atoms with Gasteiger partial charge in [0.15, 0.2) is 5.16 Å². The normalized spacial score (nSPS) is 11.3. The van der Waals surface area contributed by atoms with E-state index in [4.69, 9.17) is 9.40 Å². The number of hydrogen-bond acceptors (Lipinski definition) is 5. The van der Waals surface area contributed by atoms with Crippen molar-refractivity contribution in [1.29, 1.82) is 0 Å². The fraction of sp³-hybridized carbons (Fsp3) is 0.179. The topological polar surface area (TPSA) is 77.1 Å². The number of aromatic nitrogens is 2. The highest BCUT2D eigenvalue weighted by Gasteiger charge is 2.19. The Morgan fingerprint density at radius 1 is 1.00 bits per heavy atom.